The van der Waals surface area contributed by atoms with Crippen molar-refractivity contribution in [2.75, 3.05) is 10.6 Å². The van der Waals surface area contributed by atoms with E-state index in [2.05, 4.69) is 20.6 Å². The van der Waals surface area contributed by atoms with Crippen molar-refractivity contribution < 1.29 is 9.59 Å². The number of benzene rings is 2. The van der Waals surface area contributed by atoms with Gasteiger partial charge in [0, 0.05) is 23.9 Å². The summed E-state index contributed by atoms with van der Waals surface area (Å²) in [6.07, 6.45) is 1.35. The molecule has 1 amide bonds. The second-order valence-corrected chi connectivity index (χ2v) is 6.16. The average Bonchev–Trinajstić information content (AvgIpc) is 2.68. The molecule has 0 aliphatic heterocycles. The zero-order valence-corrected chi connectivity index (χ0v) is 15.2. The van der Waals surface area contributed by atoms with E-state index in [0.29, 0.717) is 23.6 Å². The molecule has 0 fully saturated rings. The molecule has 1 aromatic heterocycles. The number of ketones is 1. The Morgan fingerprint density at radius 3 is 2.59 bits per heavy atom. The van der Waals surface area contributed by atoms with Crippen LogP contribution in [0.1, 0.15) is 38.9 Å². The maximum absolute atomic E-state index is 12.5. The molecule has 0 spiro atoms. The number of hydrogen-bond acceptors (Lipinski definition) is 5. The molecule has 27 heavy (non-hydrogen) atoms. The number of rotatable bonds is 6. The molecule has 3 rings (SSSR count). The third-order valence-electron chi connectivity index (χ3n) is 4.15. The molecule has 6 nitrogen and oxygen atoms in total. The quantitative estimate of drug-likeness (QED) is 0.652. The van der Waals surface area contributed by atoms with Crippen molar-refractivity contribution in [1.82, 2.24) is 9.97 Å². The molecule has 6 heteroatoms. The minimum atomic E-state index is -0.364. The van der Waals surface area contributed by atoms with E-state index in [4.69, 9.17) is 0 Å². The van der Waals surface area contributed by atoms with Crippen LogP contribution < -0.4 is 10.6 Å². The molecule has 3 aromatic rings. The van der Waals surface area contributed by atoms with Crippen molar-refractivity contribution in [2.24, 2.45) is 0 Å². The Balaban J connectivity index is 1.69. The van der Waals surface area contributed by atoms with Gasteiger partial charge in [0.1, 0.15) is 17.8 Å². The van der Waals surface area contributed by atoms with Crippen LogP contribution in [-0.4, -0.2) is 21.7 Å². The molecule has 0 atom stereocenters. The Hall–Kier alpha value is -3.54. The van der Waals surface area contributed by atoms with E-state index in [1.54, 1.807) is 30.3 Å². The minimum Gasteiger partial charge on any atom is -0.366 e. The van der Waals surface area contributed by atoms with Crippen LogP contribution in [0.3, 0.4) is 0 Å². The third-order valence-corrected chi connectivity index (χ3v) is 4.15. The monoisotopic (exact) mass is 360 g/mol. The van der Waals surface area contributed by atoms with Crippen LogP contribution in [0.5, 0.6) is 0 Å². The largest absolute Gasteiger partial charge is 0.366 e. The normalized spacial score (nSPS) is 10.3. The topological polar surface area (TPSA) is 84.0 Å². The summed E-state index contributed by atoms with van der Waals surface area (Å²) in [4.78, 5) is 32.1. The summed E-state index contributed by atoms with van der Waals surface area (Å²) in [7, 11) is 0. The highest BCUT2D eigenvalue weighted by atomic mass is 16.2. The molecule has 2 aromatic carbocycles. The molecule has 2 N–H and O–H groups in total. The molecule has 0 saturated carbocycles. The maximum Gasteiger partial charge on any atom is 0.274 e. The van der Waals surface area contributed by atoms with Crippen molar-refractivity contribution in [3.63, 3.8) is 0 Å². The SMILES string of the molecule is CC(=O)c1cccc(NC(=O)c2cc(NCc3ccccc3C)ncn2)c1. The summed E-state index contributed by atoms with van der Waals surface area (Å²) in [6, 6.07) is 16.5. The molecular weight excluding hydrogens is 340 g/mol. The molecule has 0 unspecified atom stereocenters. The van der Waals surface area contributed by atoms with Gasteiger partial charge in [0.15, 0.2) is 5.78 Å². The van der Waals surface area contributed by atoms with Crippen LogP contribution in [-0.2, 0) is 6.54 Å². The van der Waals surface area contributed by atoms with Gasteiger partial charge in [-0.1, -0.05) is 36.4 Å². The molecular formula is C21H20N4O2. The summed E-state index contributed by atoms with van der Waals surface area (Å²) in [5.74, 6) is 0.142. The number of nitrogens with zero attached hydrogens (tertiary/aromatic N) is 2. The number of carbonyl (C=O) groups is 2. The highest BCUT2D eigenvalue weighted by molar-refractivity contribution is 6.04. The maximum atomic E-state index is 12.5. The fourth-order valence-corrected chi connectivity index (χ4v) is 2.58. The summed E-state index contributed by atoms with van der Waals surface area (Å²) in [6.45, 7) is 4.13. The Morgan fingerprint density at radius 2 is 1.81 bits per heavy atom. The van der Waals surface area contributed by atoms with E-state index >= 15 is 0 Å². The third kappa shape index (κ3) is 4.76. The van der Waals surface area contributed by atoms with E-state index in [0.717, 1.165) is 5.56 Å². The fourth-order valence-electron chi connectivity index (χ4n) is 2.58. The van der Waals surface area contributed by atoms with E-state index in [1.165, 1.54) is 18.8 Å². The van der Waals surface area contributed by atoms with Gasteiger partial charge < -0.3 is 10.6 Å². The van der Waals surface area contributed by atoms with Crippen molar-refractivity contribution >= 4 is 23.2 Å². The molecule has 0 radical (unpaired) electrons. The molecule has 0 bridgehead atoms. The van der Waals surface area contributed by atoms with Gasteiger partial charge in [-0.25, -0.2) is 9.97 Å². The Morgan fingerprint density at radius 1 is 1.00 bits per heavy atom. The van der Waals surface area contributed by atoms with Crippen LogP contribution in [0, 0.1) is 6.92 Å². The standard InChI is InChI=1S/C21H20N4O2/c1-14-6-3-4-7-17(14)12-22-20-11-19(23-13-24-20)21(27)25-18-9-5-8-16(10-18)15(2)26/h3-11,13H,12H2,1-2H3,(H,25,27)(H,22,23,24). The number of amides is 1. The van der Waals surface area contributed by atoms with Gasteiger partial charge in [0.25, 0.3) is 5.91 Å². The van der Waals surface area contributed by atoms with E-state index < -0.39 is 0 Å². The van der Waals surface area contributed by atoms with Gasteiger partial charge in [-0.15, -0.1) is 0 Å². The Labute approximate surface area is 157 Å². The van der Waals surface area contributed by atoms with Crippen molar-refractivity contribution in [2.45, 2.75) is 20.4 Å². The fraction of sp³-hybridized carbons (Fsp3) is 0.143. The highest BCUT2D eigenvalue weighted by Crippen LogP contribution is 2.14. The smallest absolute Gasteiger partial charge is 0.274 e. The zero-order chi connectivity index (χ0) is 19.2. The molecule has 0 aliphatic carbocycles. The Bertz CT molecular complexity index is 985. The summed E-state index contributed by atoms with van der Waals surface area (Å²) < 4.78 is 0. The number of anilines is 2. The molecule has 0 aliphatic rings. The predicted octanol–water partition coefficient (Wildman–Crippen LogP) is 3.85. The van der Waals surface area contributed by atoms with Crippen LogP contribution in [0.2, 0.25) is 0 Å². The van der Waals surface area contributed by atoms with Crippen LogP contribution in [0.25, 0.3) is 0 Å². The first-order chi connectivity index (χ1) is 13.0. The van der Waals surface area contributed by atoms with Crippen LogP contribution in [0.15, 0.2) is 60.9 Å². The van der Waals surface area contributed by atoms with Gasteiger partial charge in [0.2, 0.25) is 0 Å². The minimum absolute atomic E-state index is 0.0594. The lowest BCUT2D eigenvalue weighted by Gasteiger charge is -2.09. The van der Waals surface area contributed by atoms with Gasteiger partial charge in [-0.05, 0) is 37.1 Å². The van der Waals surface area contributed by atoms with E-state index in [-0.39, 0.29) is 17.4 Å². The Kier molecular flexibility index (Phi) is 5.56. The summed E-state index contributed by atoms with van der Waals surface area (Å²) in [5, 5.41) is 5.96. The molecule has 0 saturated heterocycles. The number of aromatic nitrogens is 2. The zero-order valence-electron chi connectivity index (χ0n) is 15.2. The van der Waals surface area contributed by atoms with Crippen LogP contribution in [0.4, 0.5) is 11.5 Å². The van der Waals surface area contributed by atoms with Gasteiger partial charge in [-0.3, -0.25) is 9.59 Å². The lowest BCUT2D eigenvalue weighted by Crippen LogP contribution is -2.15. The first-order valence-corrected chi connectivity index (χ1v) is 8.56. The number of hydrogen-bond donors (Lipinski definition) is 2. The average molecular weight is 360 g/mol. The lowest BCUT2D eigenvalue weighted by atomic mass is 10.1. The first kappa shape index (κ1) is 18.3. The summed E-state index contributed by atoms with van der Waals surface area (Å²) in [5.41, 5.74) is 3.66. The second-order valence-electron chi connectivity index (χ2n) is 6.16. The lowest BCUT2D eigenvalue weighted by molar-refractivity contribution is 0.100. The van der Waals surface area contributed by atoms with E-state index in [1.807, 2.05) is 31.2 Å². The van der Waals surface area contributed by atoms with Crippen molar-refractivity contribution in [3.05, 3.63) is 83.3 Å². The predicted molar refractivity (Wildman–Crippen MR) is 105 cm³/mol. The number of Topliss-reactive ketones (excluding diaryl/α,β-unsaturated/α-hetero) is 1. The van der Waals surface area contributed by atoms with Crippen molar-refractivity contribution in [1.29, 1.82) is 0 Å². The van der Waals surface area contributed by atoms with E-state index in [9.17, 15) is 9.59 Å². The van der Waals surface area contributed by atoms with Gasteiger partial charge in [-0.2, -0.15) is 0 Å². The molecule has 1 heterocycles. The van der Waals surface area contributed by atoms with Gasteiger partial charge in [0.05, 0.1) is 0 Å². The second kappa shape index (κ2) is 8.23. The number of nitrogens with one attached hydrogen (secondary N) is 2. The number of aryl methyl sites for hydroxylation is 1. The first-order valence-electron chi connectivity index (χ1n) is 8.56. The number of carbonyl (C=O) groups excluding carboxylic acids is 2. The highest BCUT2D eigenvalue weighted by Gasteiger charge is 2.10. The van der Waals surface area contributed by atoms with Crippen molar-refractivity contribution in [3.8, 4) is 0 Å². The van der Waals surface area contributed by atoms with Gasteiger partial charge >= 0.3 is 0 Å². The van der Waals surface area contributed by atoms with Crippen LogP contribution >= 0.6 is 0 Å². The summed E-state index contributed by atoms with van der Waals surface area (Å²) >= 11 is 0. The molecule has 136 valence electrons.